The lowest BCUT2D eigenvalue weighted by Crippen LogP contribution is -2.09. The highest BCUT2D eigenvalue weighted by atomic mass is 127. The molecule has 1 aliphatic heterocycles. The first-order valence-electron chi connectivity index (χ1n) is 5.93. The molecule has 0 spiro atoms. The van der Waals surface area contributed by atoms with Gasteiger partial charge in [-0.3, -0.25) is 4.79 Å². The minimum absolute atomic E-state index is 0.196. The van der Waals surface area contributed by atoms with Gasteiger partial charge in [-0.2, -0.15) is 0 Å². The molecule has 3 rings (SSSR count). The Hall–Kier alpha value is -1.53. The SMILES string of the molecule is N/C(=C1\C(=O)Nc2cc(Cl)ccc21)c1cccc(I)c1. The van der Waals surface area contributed by atoms with E-state index in [1.807, 2.05) is 30.3 Å². The van der Waals surface area contributed by atoms with E-state index < -0.39 is 0 Å². The van der Waals surface area contributed by atoms with Crippen LogP contribution in [0.25, 0.3) is 11.3 Å². The molecule has 1 aliphatic rings. The predicted octanol–water partition coefficient (Wildman–Crippen LogP) is 3.72. The molecule has 0 fully saturated rings. The van der Waals surface area contributed by atoms with Crippen LogP contribution in [0.4, 0.5) is 5.69 Å². The van der Waals surface area contributed by atoms with Gasteiger partial charge in [-0.25, -0.2) is 0 Å². The number of anilines is 1. The minimum Gasteiger partial charge on any atom is -0.398 e. The molecule has 0 unspecified atom stereocenters. The summed E-state index contributed by atoms with van der Waals surface area (Å²) in [5, 5.41) is 3.37. The Morgan fingerprint density at radius 2 is 2.00 bits per heavy atom. The Bertz CT molecular complexity index is 755. The minimum atomic E-state index is -0.196. The molecule has 100 valence electrons. The van der Waals surface area contributed by atoms with Crippen molar-refractivity contribution in [1.82, 2.24) is 0 Å². The van der Waals surface area contributed by atoms with Crippen LogP contribution in [0.3, 0.4) is 0 Å². The van der Waals surface area contributed by atoms with E-state index in [0.717, 1.165) is 14.7 Å². The average molecular weight is 397 g/mol. The molecule has 3 N–H and O–H groups in total. The molecular weight excluding hydrogens is 387 g/mol. The number of benzene rings is 2. The maximum atomic E-state index is 12.1. The highest BCUT2D eigenvalue weighted by Gasteiger charge is 2.27. The van der Waals surface area contributed by atoms with Crippen LogP contribution < -0.4 is 11.1 Å². The lowest BCUT2D eigenvalue weighted by Gasteiger charge is -2.06. The second kappa shape index (κ2) is 5.10. The van der Waals surface area contributed by atoms with Crippen molar-refractivity contribution >= 4 is 57.1 Å². The molecule has 2 aromatic carbocycles. The summed E-state index contributed by atoms with van der Waals surface area (Å²) in [6, 6.07) is 13.0. The van der Waals surface area contributed by atoms with E-state index in [9.17, 15) is 4.79 Å². The van der Waals surface area contributed by atoms with E-state index in [1.165, 1.54) is 0 Å². The van der Waals surface area contributed by atoms with E-state index in [4.69, 9.17) is 17.3 Å². The van der Waals surface area contributed by atoms with Gasteiger partial charge in [0.2, 0.25) is 0 Å². The molecule has 5 heteroatoms. The first-order valence-corrected chi connectivity index (χ1v) is 7.39. The van der Waals surface area contributed by atoms with Crippen molar-refractivity contribution in [3.05, 3.63) is 62.2 Å². The van der Waals surface area contributed by atoms with E-state index in [0.29, 0.717) is 22.0 Å². The Morgan fingerprint density at radius 1 is 1.20 bits per heavy atom. The molecule has 20 heavy (non-hydrogen) atoms. The monoisotopic (exact) mass is 396 g/mol. The normalized spacial score (nSPS) is 15.8. The van der Waals surface area contributed by atoms with Crippen molar-refractivity contribution in [3.63, 3.8) is 0 Å². The molecule has 0 aromatic heterocycles. The van der Waals surface area contributed by atoms with Gasteiger partial charge in [-0.15, -0.1) is 0 Å². The number of carbonyl (C=O) groups excluding carboxylic acids is 1. The summed E-state index contributed by atoms with van der Waals surface area (Å²) in [4.78, 5) is 12.1. The Balaban J connectivity index is 2.19. The molecule has 1 amide bonds. The van der Waals surface area contributed by atoms with Crippen LogP contribution >= 0.6 is 34.2 Å². The number of carbonyl (C=O) groups is 1. The molecule has 0 bridgehead atoms. The van der Waals surface area contributed by atoms with Crippen molar-refractivity contribution < 1.29 is 4.79 Å². The maximum Gasteiger partial charge on any atom is 0.258 e. The zero-order chi connectivity index (χ0) is 14.3. The largest absolute Gasteiger partial charge is 0.398 e. The first-order chi connectivity index (χ1) is 9.56. The average Bonchev–Trinajstić information content (AvgIpc) is 2.73. The lowest BCUT2D eigenvalue weighted by molar-refractivity contribution is -0.110. The third kappa shape index (κ3) is 2.29. The van der Waals surface area contributed by atoms with Crippen LogP contribution in [0.1, 0.15) is 11.1 Å². The Kier molecular flexibility index (Phi) is 3.43. The van der Waals surface area contributed by atoms with Crippen molar-refractivity contribution in [2.24, 2.45) is 5.73 Å². The van der Waals surface area contributed by atoms with Gasteiger partial charge in [0.1, 0.15) is 0 Å². The summed E-state index contributed by atoms with van der Waals surface area (Å²) in [5.74, 6) is -0.196. The molecule has 0 saturated heterocycles. The van der Waals surface area contributed by atoms with Gasteiger partial charge in [0.25, 0.3) is 5.91 Å². The number of halogens is 2. The first kappa shape index (κ1) is 13.5. The number of rotatable bonds is 1. The van der Waals surface area contributed by atoms with Gasteiger partial charge >= 0.3 is 0 Å². The zero-order valence-corrected chi connectivity index (χ0v) is 13.2. The van der Waals surface area contributed by atoms with Crippen molar-refractivity contribution in [1.29, 1.82) is 0 Å². The predicted molar refractivity (Wildman–Crippen MR) is 90.2 cm³/mol. The van der Waals surface area contributed by atoms with Gasteiger partial charge in [-0.1, -0.05) is 29.8 Å². The molecular formula is C15H10ClIN2O. The van der Waals surface area contributed by atoms with Gasteiger partial charge in [-0.05, 0) is 52.4 Å². The number of nitrogens with one attached hydrogen (secondary N) is 1. The van der Waals surface area contributed by atoms with E-state index >= 15 is 0 Å². The summed E-state index contributed by atoms with van der Waals surface area (Å²) in [5.41, 5.74) is 9.49. The quantitative estimate of drug-likeness (QED) is 0.570. The van der Waals surface area contributed by atoms with Gasteiger partial charge in [0.15, 0.2) is 0 Å². The van der Waals surface area contributed by atoms with Crippen molar-refractivity contribution in [3.8, 4) is 0 Å². The number of hydrogen-bond donors (Lipinski definition) is 2. The number of amides is 1. The fourth-order valence-electron chi connectivity index (χ4n) is 2.21. The van der Waals surface area contributed by atoms with Crippen molar-refractivity contribution in [2.75, 3.05) is 5.32 Å². The van der Waals surface area contributed by atoms with Crippen LogP contribution in [0, 0.1) is 3.57 Å². The highest BCUT2D eigenvalue weighted by Crippen LogP contribution is 2.36. The molecule has 0 aliphatic carbocycles. The van der Waals surface area contributed by atoms with Crippen LogP contribution in [-0.2, 0) is 4.79 Å². The number of fused-ring (bicyclic) bond motifs is 1. The Labute approximate surface area is 135 Å². The van der Waals surface area contributed by atoms with Gasteiger partial charge in [0.05, 0.1) is 17.0 Å². The summed E-state index contributed by atoms with van der Waals surface area (Å²) in [7, 11) is 0. The fourth-order valence-corrected chi connectivity index (χ4v) is 2.93. The summed E-state index contributed by atoms with van der Waals surface area (Å²) < 4.78 is 1.07. The molecule has 0 radical (unpaired) electrons. The third-order valence-electron chi connectivity index (χ3n) is 3.13. The van der Waals surface area contributed by atoms with Crippen molar-refractivity contribution in [2.45, 2.75) is 0 Å². The van der Waals surface area contributed by atoms with E-state index in [1.54, 1.807) is 12.1 Å². The van der Waals surface area contributed by atoms with Gasteiger partial charge < -0.3 is 11.1 Å². The van der Waals surface area contributed by atoms with Crippen LogP contribution in [0.5, 0.6) is 0 Å². The molecule has 0 atom stereocenters. The summed E-state index contributed by atoms with van der Waals surface area (Å²) in [6.07, 6.45) is 0. The van der Waals surface area contributed by atoms with Gasteiger partial charge in [0, 0.05) is 14.2 Å². The molecule has 3 nitrogen and oxygen atoms in total. The summed E-state index contributed by atoms with van der Waals surface area (Å²) in [6.45, 7) is 0. The number of hydrogen-bond acceptors (Lipinski definition) is 2. The van der Waals surface area contributed by atoms with Crippen LogP contribution in [0.15, 0.2) is 42.5 Å². The van der Waals surface area contributed by atoms with E-state index in [-0.39, 0.29) is 5.91 Å². The number of nitrogens with two attached hydrogens (primary N) is 1. The molecule has 2 aromatic rings. The highest BCUT2D eigenvalue weighted by molar-refractivity contribution is 14.1. The second-order valence-electron chi connectivity index (χ2n) is 4.44. The third-order valence-corrected chi connectivity index (χ3v) is 4.04. The molecule has 1 heterocycles. The lowest BCUT2D eigenvalue weighted by atomic mass is 10.0. The van der Waals surface area contributed by atoms with Crippen LogP contribution in [0.2, 0.25) is 5.02 Å². The molecule has 0 saturated carbocycles. The van der Waals surface area contributed by atoms with E-state index in [2.05, 4.69) is 27.9 Å². The zero-order valence-electron chi connectivity index (χ0n) is 10.3. The Morgan fingerprint density at radius 3 is 2.75 bits per heavy atom. The summed E-state index contributed by atoms with van der Waals surface area (Å²) >= 11 is 8.15. The standard InChI is InChI=1S/C15H10ClIN2O/c16-9-4-5-11-12(7-9)19-15(20)13(11)14(18)8-2-1-3-10(17)6-8/h1-7H,18H2,(H,19,20)/b14-13-. The maximum absolute atomic E-state index is 12.1. The topological polar surface area (TPSA) is 55.1 Å². The second-order valence-corrected chi connectivity index (χ2v) is 6.13. The fraction of sp³-hybridized carbons (Fsp3) is 0. The van der Waals surface area contributed by atoms with Crippen LogP contribution in [-0.4, -0.2) is 5.91 Å². The smallest absolute Gasteiger partial charge is 0.258 e.